The van der Waals surface area contributed by atoms with Gasteiger partial charge in [0.25, 0.3) is 17.9 Å². The van der Waals surface area contributed by atoms with Gasteiger partial charge >= 0.3 is 0 Å². The third-order valence-corrected chi connectivity index (χ3v) is 13.2. The van der Waals surface area contributed by atoms with E-state index in [-0.39, 0.29) is 71.2 Å². The van der Waals surface area contributed by atoms with Crippen LogP contribution in [0.5, 0.6) is 5.88 Å². The van der Waals surface area contributed by atoms with Crippen LogP contribution >= 0.6 is 0 Å². The molecule has 1 amide bonds. The van der Waals surface area contributed by atoms with Gasteiger partial charge in [-0.25, -0.2) is 35.9 Å². The first kappa shape index (κ1) is 41.2. The van der Waals surface area contributed by atoms with Crippen molar-refractivity contribution in [3.63, 3.8) is 0 Å². The Labute approximate surface area is 349 Å². The summed E-state index contributed by atoms with van der Waals surface area (Å²) in [6.45, 7) is -0.301. The van der Waals surface area contributed by atoms with E-state index < -0.39 is 87.7 Å². The smallest absolute Gasteiger partial charge is 0.293 e. The normalized spacial score (nSPS) is 18.7. The Morgan fingerprint density at radius 1 is 0.984 bits per heavy atom. The van der Waals surface area contributed by atoms with Gasteiger partial charge in [-0.1, -0.05) is 12.1 Å². The predicted molar refractivity (Wildman–Crippen MR) is 210 cm³/mol. The van der Waals surface area contributed by atoms with E-state index in [9.17, 15) is 35.6 Å². The number of amides is 1. The first-order valence-corrected chi connectivity index (χ1v) is 20.9. The number of aromatic nitrogens is 5. The van der Waals surface area contributed by atoms with E-state index in [1.807, 2.05) is 0 Å². The molecule has 3 aromatic heterocycles. The lowest BCUT2D eigenvalue weighted by molar-refractivity contribution is -0.123. The molecule has 9 rings (SSSR count). The minimum atomic E-state index is -3.98. The summed E-state index contributed by atoms with van der Waals surface area (Å²) in [7, 11) is -2.54. The number of nitrogens with zero attached hydrogens (tertiary/aromatic N) is 6. The summed E-state index contributed by atoms with van der Waals surface area (Å²) < 4.78 is 129. The second kappa shape index (κ2) is 15.7. The standard InChI is InChI=1S/C42H35F6N7O6S/c1-60-35-4-2-3-31(50-35)23-5-10-28-32(18-23)51-40(55(41(28)57)26-6-8-27(9-7-26)62(58,59)53-11-13-61-14-12-53)33(17-22-15-24(43)19-25(44)16-22)49-34(56)21-54-38-36(37(52-54)39(45)46)29-20-30(29)42(38,47)48/h2-10,15-16,18-19,29-30,33,39H,11-14,17,20-21H2,1H3,(H,49,56). The van der Waals surface area contributed by atoms with Crippen molar-refractivity contribution in [2.75, 3.05) is 33.4 Å². The van der Waals surface area contributed by atoms with Gasteiger partial charge in [0.2, 0.25) is 21.8 Å². The molecule has 62 heavy (non-hydrogen) atoms. The van der Waals surface area contributed by atoms with Crippen molar-refractivity contribution in [1.29, 1.82) is 0 Å². The number of sulfonamides is 1. The Morgan fingerprint density at radius 2 is 1.71 bits per heavy atom. The molecule has 1 saturated heterocycles. The minimum Gasteiger partial charge on any atom is -0.481 e. The SMILES string of the molecule is COc1cccc(-c2ccc3c(=O)n(-c4ccc(S(=O)(=O)N5CCOCC5)cc4)c(C(Cc4cc(F)cc(F)c4)NC(=O)Cn4nc(C(F)F)c5c4C(F)(F)C4CC54)nc3c2)n1. The highest BCUT2D eigenvalue weighted by atomic mass is 32.2. The number of fused-ring (bicyclic) bond motifs is 4. The number of methoxy groups -OCH3 is 1. The summed E-state index contributed by atoms with van der Waals surface area (Å²) in [6.07, 6.45) is -3.62. The van der Waals surface area contributed by atoms with E-state index in [1.54, 1.807) is 30.3 Å². The van der Waals surface area contributed by atoms with Gasteiger partial charge in [-0.3, -0.25) is 18.8 Å². The number of ether oxygens (including phenoxy) is 2. The van der Waals surface area contributed by atoms with Gasteiger partial charge in [-0.2, -0.15) is 18.2 Å². The average molecular weight is 880 g/mol. The van der Waals surface area contributed by atoms with Gasteiger partial charge in [0.05, 0.1) is 53.5 Å². The molecule has 3 unspecified atom stereocenters. The fourth-order valence-electron chi connectivity index (χ4n) is 8.36. The Morgan fingerprint density at radius 3 is 2.40 bits per heavy atom. The Hall–Kier alpha value is -6.12. The van der Waals surface area contributed by atoms with Crippen LogP contribution in [-0.4, -0.2) is 76.4 Å². The van der Waals surface area contributed by atoms with E-state index in [4.69, 9.17) is 14.5 Å². The molecule has 3 atom stereocenters. The monoisotopic (exact) mass is 879 g/mol. The molecule has 0 spiro atoms. The van der Waals surface area contributed by atoms with Gasteiger partial charge in [0.1, 0.15) is 35.4 Å². The van der Waals surface area contributed by atoms with Crippen molar-refractivity contribution in [3.8, 4) is 22.8 Å². The summed E-state index contributed by atoms with van der Waals surface area (Å²) in [5.74, 6) is -8.42. The summed E-state index contributed by atoms with van der Waals surface area (Å²) in [5, 5.41) is 6.46. The lowest BCUT2D eigenvalue weighted by atomic mass is 10.0. The molecular weight excluding hydrogens is 845 g/mol. The molecule has 322 valence electrons. The molecule has 1 N–H and O–H groups in total. The summed E-state index contributed by atoms with van der Waals surface area (Å²) in [6, 6.07) is 16.1. The highest BCUT2D eigenvalue weighted by Gasteiger charge is 2.67. The number of halogens is 6. The highest BCUT2D eigenvalue weighted by Crippen LogP contribution is 2.68. The highest BCUT2D eigenvalue weighted by molar-refractivity contribution is 7.89. The van der Waals surface area contributed by atoms with Crippen LogP contribution in [0.25, 0.3) is 27.8 Å². The van der Waals surface area contributed by atoms with E-state index in [2.05, 4.69) is 15.4 Å². The number of hydrogen-bond donors (Lipinski definition) is 1. The van der Waals surface area contributed by atoms with Crippen molar-refractivity contribution in [2.24, 2.45) is 5.92 Å². The maximum Gasteiger partial charge on any atom is 0.293 e. The number of nitrogens with one attached hydrogen (secondary N) is 1. The minimum absolute atomic E-state index is 0.00472. The van der Waals surface area contributed by atoms with Crippen molar-refractivity contribution in [3.05, 3.63) is 129 Å². The number of morpholine rings is 1. The van der Waals surface area contributed by atoms with Gasteiger partial charge in [0, 0.05) is 48.7 Å². The second-order valence-electron chi connectivity index (χ2n) is 15.2. The van der Waals surface area contributed by atoms with Gasteiger partial charge in [-0.15, -0.1) is 0 Å². The van der Waals surface area contributed by atoms with Crippen LogP contribution in [0.1, 0.15) is 53.1 Å². The molecule has 4 heterocycles. The van der Waals surface area contributed by atoms with Crippen LogP contribution in [-0.2, 0) is 38.4 Å². The molecule has 3 aromatic carbocycles. The Bertz CT molecular complexity index is 2900. The van der Waals surface area contributed by atoms with Crippen LogP contribution < -0.4 is 15.6 Å². The van der Waals surface area contributed by atoms with E-state index in [1.165, 1.54) is 41.7 Å². The molecule has 6 aromatic rings. The molecule has 20 heteroatoms. The molecule has 0 bridgehead atoms. The zero-order valence-corrected chi connectivity index (χ0v) is 33.4. The zero-order valence-electron chi connectivity index (χ0n) is 32.6. The predicted octanol–water partition coefficient (Wildman–Crippen LogP) is 6.20. The molecule has 2 aliphatic carbocycles. The number of alkyl halides is 4. The van der Waals surface area contributed by atoms with Gasteiger partial charge in [-0.05, 0) is 72.5 Å². The number of benzene rings is 3. The molecule has 3 aliphatic rings. The van der Waals surface area contributed by atoms with E-state index >= 15 is 8.78 Å². The fraction of sp³-hybridized carbons (Fsp3) is 0.310. The van der Waals surface area contributed by atoms with E-state index in [0.717, 1.165) is 16.7 Å². The molecule has 2 fully saturated rings. The quantitative estimate of drug-likeness (QED) is 0.142. The molecule has 1 aliphatic heterocycles. The largest absolute Gasteiger partial charge is 0.481 e. The van der Waals surface area contributed by atoms with Crippen molar-refractivity contribution < 1.29 is 49.0 Å². The summed E-state index contributed by atoms with van der Waals surface area (Å²) in [4.78, 5) is 37.9. The fourth-order valence-corrected chi connectivity index (χ4v) is 9.77. The molecule has 0 radical (unpaired) electrons. The number of rotatable bonds is 12. The Balaban J connectivity index is 1.18. The van der Waals surface area contributed by atoms with Crippen LogP contribution in [0, 0.1) is 17.6 Å². The topological polar surface area (TPSA) is 151 Å². The maximum atomic E-state index is 15.5. The van der Waals surface area contributed by atoms with Crippen LogP contribution in [0.15, 0.2) is 88.6 Å². The third-order valence-electron chi connectivity index (χ3n) is 11.3. The third kappa shape index (κ3) is 7.38. The lowest BCUT2D eigenvalue weighted by Gasteiger charge is -2.26. The molecule has 13 nitrogen and oxygen atoms in total. The number of hydrogen-bond acceptors (Lipinski definition) is 9. The van der Waals surface area contributed by atoms with Crippen molar-refractivity contribution in [1.82, 2.24) is 33.9 Å². The maximum absolute atomic E-state index is 15.5. The first-order chi connectivity index (χ1) is 29.6. The van der Waals surface area contributed by atoms with Gasteiger partial charge in [0.15, 0.2) is 0 Å². The first-order valence-electron chi connectivity index (χ1n) is 19.4. The van der Waals surface area contributed by atoms with Gasteiger partial charge < -0.3 is 14.8 Å². The van der Waals surface area contributed by atoms with Crippen LogP contribution in [0.3, 0.4) is 0 Å². The number of carbonyl (C=O) groups is 1. The lowest BCUT2D eigenvalue weighted by Crippen LogP contribution is -2.40. The summed E-state index contributed by atoms with van der Waals surface area (Å²) >= 11 is 0. The van der Waals surface area contributed by atoms with Crippen molar-refractivity contribution >= 4 is 26.8 Å². The number of carbonyl (C=O) groups excluding carboxylic acids is 1. The second-order valence-corrected chi connectivity index (χ2v) is 17.1. The number of pyridine rings is 1. The Kier molecular flexibility index (Phi) is 10.4. The van der Waals surface area contributed by atoms with Crippen LogP contribution in [0.2, 0.25) is 0 Å². The average Bonchev–Trinajstić information content (AvgIpc) is 3.91. The van der Waals surface area contributed by atoms with E-state index in [0.29, 0.717) is 27.9 Å². The van der Waals surface area contributed by atoms with Crippen LogP contribution in [0.4, 0.5) is 26.3 Å². The van der Waals surface area contributed by atoms with Crippen molar-refractivity contribution in [2.45, 2.75) is 48.6 Å². The zero-order chi connectivity index (χ0) is 43.7. The summed E-state index contributed by atoms with van der Waals surface area (Å²) in [5.41, 5.74) is -1.50. The molecular formula is C42H35F6N7O6S. The molecule has 1 saturated carbocycles.